The standard InChI is InChI=1S/C27H37ClF2N2O2/c1-5-8-23(33)31-16-26(17-31)13-14-32(18(2)27(26,29)30)24(34)20-11-12-25(3,4)15-21(20)19-9-6-7-10-22(19)28/h6-7,9-10,18,20-21H,5,8,11-17H2,1-4H3/t18-,20-,21+/m0/s1. The molecule has 0 aromatic heterocycles. The molecule has 3 aliphatic rings. The van der Waals surface area contributed by atoms with E-state index in [0.717, 1.165) is 18.4 Å². The van der Waals surface area contributed by atoms with Crippen molar-refractivity contribution in [3.8, 4) is 0 Å². The molecule has 0 unspecified atom stereocenters. The molecule has 7 heteroatoms. The maximum absolute atomic E-state index is 15.8. The molecule has 4 rings (SSSR count). The molecule has 188 valence electrons. The van der Waals surface area contributed by atoms with Gasteiger partial charge in [-0.25, -0.2) is 8.78 Å². The number of halogens is 3. The molecule has 1 aromatic carbocycles. The van der Waals surface area contributed by atoms with Crippen molar-refractivity contribution < 1.29 is 18.4 Å². The third-order valence-corrected chi connectivity index (χ3v) is 8.97. The molecule has 0 N–H and O–H groups in total. The molecule has 4 nitrogen and oxygen atoms in total. The van der Waals surface area contributed by atoms with Gasteiger partial charge < -0.3 is 9.80 Å². The zero-order valence-electron chi connectivity index (χ0n) is 20.8. The molecule has 2 aliphatic heterocycles. The van der Waals surface area contributed by atoms with Crippen LogP contribution in [0.3, 0.4) is 0 Å². The minimum Gasteiger partial charge on any atom is -0.341 e. The molecule has 2 saturated heterocycles. The van der Waals surface area contributed by atoms with Crippen LogP contribution < -0.4 is 0 Å². The van der Waals surface area contributed by atoms with Crippen molar-refractivity contribution in [3.05, 3.63) is 34.9 Å². The van der Waals surface area contributed by atoms with Gasteiger partial charge in [-0.1, -0.05) is 50.6 Å². The van der Waals surface area contributed by atoms with Gasteiger partial charge in [-0.3, -0.25) is 9.59 Å². The van der Waals surface area contributed by atoms with Crippen LogP contribution in [0, 0.1) is 16.7 Å². The van der Waals surface area contributed by atoms with Crippen LogP contribution >= 0.6 is 11.6 Å². The second-order valence-corrected chi connectivity index (χ2v) is 11.9. The Hall–Kier alpha value is -1.69. The van der Waals surface area contributed by atoms with Gasteiger partial charge in [-0.15, -0.1) is 0 Å². The lowest BCUT2D eigenvalue weighted by atomic mass is 9.63. The zero-order chi connectivity index (χ0) is 24.9. The maximum Gasteiger partial charge on any atom is 0.276 e. The summed E-state index contributed by atoms with van der Waals surface area (Å²) < 4.78 is 31.5. The number of rotatable bonds is 4. The van der Waals surface area contributed by atoms with Crippen molar-refractivity contribution in [2.45, 2.75) is 84.1 Å². The minimum absolute atomic E-state index is 0.0533. The number of benzene rings is 1. The Bertz CT molecular complexity index is 944. The van der Waals surface area contributed by atoms with Crippen LogP contribution in [-0.2, 0) is 9.59 Å². The summed E-state index contributed by atoms with van der Waals surface area (Å²) in [4.78, 5) is 29.0. The predicted octanol–water partition coefficient (Wildman–Crippen LogP) is 6.13. The van der Waals surface area contributed by atoms with Gasteiger partial charge in [0.2, 0.25) is 11.8 Å². The number of amides is 2. The van der Waals surface area contributed by atoms with Gasteiger partial charge in [0, 0.05) is 37.0 Å². The van der Waals surface area contributed by atoms with Crippen LogP contribution in [0.1, 0.15) is 77.7 Å². The SMILES string of the molecule is CCCC(=O)N1CC2(CCN(C(=O)[C@H]3CCC(C)(C)C[C@@H]3c3ccccc3Cl)[C@@H](C)C2(F)F)C1. The number of likely N-dealkylation sites (tertiary alicyclic amines) is 2. The fraction of sp³-hybridized carbons (Fsp3) is 0.704. The number of carbonyl (C=O) groups excluding carboxylic acids is 2. The lowest BCUT2D eigenvalue weighted by molar-refractivity contribution is -0.245. The van der Waals surface area contributed by atoms with Crippen molar-refractivity contribution in [3.63, 3.8) is 0 Å². The molecule has 2 amide bonds. The van der Waals surface area contributed by atoms with Crippen molar-refractivity contribution in [2.75, 3.05) is 19.6 Å². The van der Waals surface area contributed by atoms with E-state index in [9.17, 15) is 9.59 Å². The van der Waals surface area contributed by atoms with E-state index in [2.05, 4.69) is 13.8 Å². The summed E-state index contributed by atoms with van der Waals surface area (Å²) in [5.74, 6) is -3.72. The average Bonchev–Trinajstić information content (AvgIpc) is 2.73. The van der Waals surface area contributed by atoms with Gasteiger partial charge in [-0.05, 0) is 62.0 Å². The van der Waals surface area contributed by atoms with Gasteiger partial charge in [0.25, 0.3) is 5.92 Å². The Morgan fingerprint density at radius 3 is 2.47 bits per heavy atom. The summed E-state index contributed by atoms with van der Waals surface area (Å²) in [7, 11) is 0. The Balaban J connectivity index is 1.54. The highest BCUT2D eigenvalue weighted by atomic mass is 35.5. The summed E-state index contributed by atoms with van der Waals surface area (Å²) in [5.41, 5.74) is -0.224. The molecule has 1 saturated carbocycles. The molecule has 0 bridgehead atoms. The summed E-state index contributed by atoms with van der Waals surface area (Å²) in [6, 6.07) is 6.40. The van der Waals surface area contributed by atoms with Crippen molar-refractivity contribution >= 4 is 23.4 Å². The van der Waals surface area contributed by atoms with Crippen molar-refractivity contribution in [1.82, 2.24) is 9.80 Å². The minimum atomic E-state index is -3.04. The smallest absolute Gasteiger partial charge is 0.276 e. The highest BCUT2D eigenvalue weighted by molar-refractivity contribution is 6.31. The second kappa shape index (κ2) is 9.07. The van der Waals surface area contributed by atoms with E-state index in [1.54, 1.807) is 4.90 Å². The van der Waals surface area contributed by atoms with E-state index in [-0.39, 0.29) is 48.6 Å². The van der Waals surface area contributed by atoms with Crippen LogP contribution in [0.25, 0.3) is 0 Å². The first-order valence-electron chi connectivity index (χ1n) is 12.6. The predicted molar refractivity (Wildman–Crippen MR) is 130 cm³/mol. The lowest BCUT2D eigenvalue weighted by Gasteiger charge is -2.60. The first-order chi connectivity index (χ1) is 15.9. The first kappa shape index (κ1) is 25.4. The molecule has 34 heavy (non-hydrogen) atoms. The van der Waals surface area contributed by atoms with Gasteiger partial charge in [0.1, 0.15) is 0 Å². The van der Waals surface area contributed by atoms with Crippen LogP contribution in [0.5, 0.6) is 0 Å². The summed E-state index contributed by atoms with van der Waals surface area (Å²) >= 11 is 6.53. The topological polar surface area (TPSA) is 40.6 Å². The average molecular weight is 495 g/mol. The highest BCUT2D eigenvalue weighted by Gasteiger charge is 2.67. The van der Waals surface area contributed by atoms with E-state index in [1.807, 2.05) is 31.2 Å². The number of alkyl halides is 2. The van der Waals surface area contributed by atoms with Crippen molar-refractivity contribution in [1.29, 1.82) is 0 Å². The molecule has 1 aromatic rings. The molecular formula is C27H37ClF2N2O2. The maximum atomic E-state index is 15.8. The fourth-order valence-electron chi connectivity index (χ4n) is 6.43. The quantitative estimate of drug-likeness (QED) is 0.504. The molecular weight excluding hydrogens is 458 g/mol. The lowest BCUT2D eigenvalue weighted by Crippen LogP contribution is -2.74. The molecule has 3 atom stereocenters. The number of hydrogen-bond acceptors (Lipinski definition) is 2. The van der Waals surface area contributed by atoms with Gasteiger partial charge in [0.05, 0.1) is 11.5 Å². The largest absolute Gasteiger partial charge is 0.341 e. The number of piperidine rings is 1. The number of hydrogen-bond donors (Lipinski definition) is 0. The first-order valence-corrected chi connectivity index (χ1v) is 13.0. The molecule has 3 fully saturated rings. The normalized spacial score (nSPS) is 29.6. The second-order valence-electron chi connectivity index (χ2n) is 11.5. The third-order valence-electron chi connectivity index (χ3n) is 8.63. The van der Waals surface area contributed by atoms with E-state index in [4.69, 9.17) is 11.6 Å². The van der Waals surface area contributed by atoms with Gasteiger partial charge in [0.15, 0.2) is 0 Å². The monoisotopic (exact) mass is 494 g/mol. The van der Waals surface area contributed by atoms with Crippen LogP contribution in [0.15, 0.2) is 24.3 Å². The van der Waals surface area contributed by atoms with Gasteiger partial charge >= 0.3 is 0 Å². The van der Waals surface area contributed by atoms with E-state index in [1.165, 1.54) is 11.8 Å². The van der Waals surface area contributed by atoms with E-state index < -0.39 is 17.4 Å². The van der Waals surface area contributed by atoms with Crippen LogP contribution in [-0.4, -0.2) is 53.2 Å². The van der Waals surface area contributed by atoms with E-state index in [0.29, 0.717) is 30.8 Å². The zero-order valence-corrected chi connectivity index (χ0v) is 21.5. The Morgan fingerprint density at radius 2 is 1.82 bits per heavy atom. The van der Waals surface area contributed by atoms with Crippen LogP contribution in [0.4, 0.5) is 8.78 Å². The molecule has 1 spiro atoms. The molecule has 1 aliphatic carbocycles. The highest BCUT2D eigenvalue weighted by Crippen LogP contribution is 2.54. The fourth-order valence-corrected chi connectivity index (χ4v) is 6.71. The Labute approximate surface area is 207 Å². The number of carbonyl (C=O) groups is 2. The van der Waals surface area contributed by atoms with Crippen LogP contribution in [0.2, 0.25) is 5.02 Å². The third kappa shape index (κ3) is 4.25. The molecule has 2 heterocycles. The Kier molecular flexibility index (Phi) is 6.78. The summed E-state index contributed by atoms with van der Waals surface area (Å²) in [6.07, 6.45) is 3.67. The van der Waals surface area contributed by atoms with E-state index >= 15 is 8.78 Å². The van der Waals surface area contributed by atoms with Crippen molar-refractivity contribution in [2.24, 2.45) is 16.7 Å². The summed E-state index contributed by atoms with van der Waals surface area (Å²) in [5, 5.41) is 0.630. The van der Waals surface area contributed by atoms with Gasteiger partial charge in [-0.2, -0.15) is 0 Å². The summed E-state index contributed by atoms with van der Waals surface area (Å²) in [6.45, 7) is 8.27. The molecule has 0 radical (unpaired) electrons. The Morgan fingerprint density at radius 1 is 1.15 bits per heavy atom. The number of nitrogens with zero attached hydrogens (tertiary/aromatic N) is 2.